The minimum atomic E-state index is -4.59. The Labute approximate surface area is 182 Å². The van der Waals surface area contributed by atoms with Crippen LogP contribution in [0, 0.1) is 22.7 Å². The van der Waals surface area contributed by atoms with Gasteiger partial charge in [-0.2, -0.15) is 18.4 Å². The van der Waals surface area contributed by atoms with Gasteiger partial charge in [-0.05, 0) is 36.1 Å². The highest BCUT2D eigenvalue weighted by molar-refractivity contribution is 7.12. The molecule has 9 heteroatoms. The average Bonchev–Trinajstić information content (AvgIpc) is 3.40. The Morgan fingerprint density at radius 1 is 1.35 bits per heavy atom. The lowest BCUT2D eigenvalue weighted by molar-refractivity contribution is -0.137. The van der Waals surface area contributed by atoms with E-state index in [1.807, 2.05) is 21.2 Å². The highest BCUT2D eigenvalue weighted by Crippen LogP contribution is 2.45. The second-order valence-electron chi connectivity index (χ2n) is 8.19. The molecular weight excluding hydrogens is 427 g/mol. The van der Waals surface area contributed by atoms with E-state index in [9.17, 15) is 18.0 Å². The Morgan fingerprint density at radius 3 is 2.81 bits per heavy atom. The van der Waals surface area contributed by atoms with E-state index in [1.165, 1.54) is 17.4 Å². The summed E-state index contributed by atoms with van der Waals surface area (Å²) in [4.78, 5) is 17.4. The van der Waals surface area contributed by atoms with Crippen LogP contribution in [0.15, 0.2) is 35.7 Å². The number of rotatable bonds is 4. The smallest absolute Gasteiger partial charge is 0.384 e. The summed E-state index contributed by atoms with van der Waals surface area (Å²) >= 11 is 1.40. The first-order valence-electron chi connectivity index (χ1n) is 9.95. The molecule has 0 radical (unpaired) electrons. The predicted molar refractivity (Wildman–Crippen MR) is 111 cm³/mol. The van der Waals surface area contributed by atoms with Crippen LogP contribution in [-0.4, -0.2) is 50.7 Å². The molecule has 2 aliphatic heterocycles. The molecule has 2 atom stereocenters. The van der Waals surface area contributed by atoms with Crippen molar-refractivity contribution in [3.05, 3.63) is 51.7 Å². The van der Waals surface area contributed by atoms with Gasteiger partial charge in [-0.3, -0.25) is 4.79 Å². The van der Waals surface area contributed by atoms with Gasteiger partial charge in [-0.1, -0.05) is 6.07 Å². The molecule has 2 aliphatic rings. The van der Waals surface area contributed by atoms with Gasteiger partial charge in [0.05, 0.1) is 28.7 Å². The van der Waals surface area contributed by atoms with E-state index < -0.39 is 11.7 Å². The summed E-state index contributed by atoms with van der Waals surface area (Å²) in [6, 6.07) is 9.14. The lowest BCUT2D eigenvalue weighted by Crippen LogP contribution is -2.49. The molecule has 2 unspecified atom stereocenters. The number of carbonyl (C=O) groups is 1. The van der Waals surface area contributed by atoms with Crippen molar-refractivity contribution < 1.29 is 22.7 Å². The minimum absolute atomic E-state index is 0.0100. The summed E-state index contributed by atoms with van der Waals surface area (Å²) in [6.45, 7) is 2.71. The van der Waals surface area contributed by atoms with Crippen molar-refractivity contribution in [2.24, 2.45) is 11.3 Å². The number of methoxy groups -OCH3 is 1. The number of nitrogens with zero attached hydrogens (tertiary/aromatic N) is 3. The van der Waals surface area contributed by atoms with Crippen LogP contribution in [0.25, 0.3) is 0 Å². The maximum absolute atomic E-state index is 13.4. The van der Waals surface area contributed by atoms with Crippen LogP contribution in [-0.2, 0) is 10.9 Å². The molecule has 4 rings (SSSR count). The van der Waals surface area contributed by atoms with Crippen molar-refractivity contribution >= 4 is 22.9 Å². The molecule has 2 saturated heterocycles. The number of carbonyl (C=O) groups excluding carboxylic acids is 1. The van der Waals surface area contributed by atoms with Gasteiger partial charge in [0.1, 0.15) is 0 Å². The van der Waals surface area contributed by atoms with E-state index in [1.54, 1.807) is 25.3 Å². The van der Waals surface area contributed by atoms with Crippen molar-refractivity contribution in [3.8, 4) is 6.07 Å². The topological polar surface area (TPSA) is 56.6 Å². The molecule has 1 aromatic heterocycles. The zero-order valence-corrected chi connectivity index (χ0v) is 17.8. The molecule has 3 heterocycles. The first kappa shape index (κ1) is 21.7. The predicted octanol–water partition coefficient (Wildman–Crippen LogP) is 4.25. The van der Waals surface area contributed by atoms with E-state index in [-0.39, 0.29) is 22.8 Å². The van der Waals surface area contributed by atoms with Crippen LogP contribution in [0.3, 0.4) is 0 Å². The Kier molecular flexibility index (Phi) is 5.71. The monoisotopic (exact) mass is 449 g/mol. The molecule has 164 valence electrons. The minimum Gasteiger partial charge on any atom is -0.384 e. The molecule has 2 fully saturated rings. The van der Waals surface area contributed by atoms with Gasteiger partial charge >= 0.3 is 6.18 Å². The number of likely N-dealkylation sites (tertiary alicyclic amines) is 1. The maximum atomic E-state index is 13.4. The first-order chi connectivity index (χ1) is 14.8. The zero-order chi connectivity index (χ0) is 22.2. The lowest BCUT2D eigenvalue weighted by Gasteiger charge is -2.44. The van der Waals surface area contributed by atoms with Gasteiger partial charge < -0.3 is 14.5 Å². The molecule has 0 N–H and O–H groups in total. The molecular formula is C22H22F3N3O2S. The normalized spacial score (nSPS) is 23.5. The van der Waals surface area contributed by atoms with Gasteiger partial charge in [0.25, 0.3) is 5.91 Å². The molecule has 31 heavy (non-hydrogen) atoms. The molecule has 1 aromatic carbocycles. The maximum Gasteiger partial charge on any atom is 0.417 e. The van der Waals surface area contributed by atoms with Crippen molar-refractivity contribution in [2.45, 2.75) is 12.6 Å². The van der Waals surface area contributed by atoms with Gasteiger partial charge in [-0.25, -0.2) is 0 Å². The third-order valence-corrected chi connectivity index (χ3v) is 7.24. The summed E-state index contributed by atoms with van der Waals surface area (Å²) in [5.74, 6) is 0.0688. The Morgan fingerprint density at radius 2 is 2.16 bits per heavy atom. The van der Waals surface area contributed by atoms with Gasteiger partial charge in [-0.15, -0.1) is 11.3 Å². The van der Waals surface area contributed by atoms with Crippen molar-refractivity contribution in [2.75, 3.05) is 44.8 Å². The van der Waals surface area contributed by atoms with Gasteiger partial charge in [0.15, 0.2) is 0 Å². The summed E-state index contributed by atoms with van der Waals surface area (Å²) in [5, 5.41) is 10.9. The number of thiophene rings is 1. The molecule has 0 saturated carbocycles. The molecule has 0 aliphatic carbocycles. The third kappa shape index (κ3) is 4.02. The molecule has 0 bridgehead atoms. The number of anilines is 1. The number of alkyl halides is 3. The van der Waals surface area contributed by atoms with Crippen molar-refractivity contribution in [3.63, 3.8) is 0 Å². The van der Waals surface area contributed by atoms with Crippen LogP contribution >= 0.6 is 11.3 Å². The van der Waals surface area contributed by atoms with Crippen LogP contribution in [0.4, 0.5) is 18.9 Å². The zero-order valence-electron chi connectivity index (χ0n) is 17.0. The third-order valence-electron chi connectivity index (χ3n) is 6.38. The fourth-order valence-electron chi connectivity index (χ4n) is 4.81. The number of nitriles is 1. The summed E-state index contributed by atoms with van der Waals surface area (Å²) < 4.78 is 45.7. The summed E-state index contributed by atoms with van der Waals surface area (Å²) in [5.41, 5.74) is -1.06. The second-order valence-corrected chi connectivity index (χ2v) is 9.14. The standard InChI is InChI=1S/C22H22F3N3O2S/c1-30-14-21-6-7-27(17-5-4-15(10-26)18(9-17)22(23,24)25)11-16(21)12-28(13-21)20(29)19-3-2-8-31-19/h2-5,8-9,16H,6-7,11-14H2,1H3. The number of ether oxygens (including phenoxy) is 1. The van der Waals surface area contributed by atoms with Crippen LogP contribution in [0.1, 0.15) is 27.2 Å². The number of piperidine rings is 1. The number of halogens is 3. The van der Waals surface area contributed by atoms with E-state index in [4.69, 9.17) is 10.00 Å². The average molecular weight is 449 g/mol. The number of hydrogen-bond donors (Lipinski definition) is 0. The summed E-state index contributed by atoms with van der Waals surface area (Å²) in [7, 11) is 1.64. The molecule has 1 amide bonds. The van der Waals surface area contributed by atoms with Gasteiger partial charge in [0, 0.05) is 50.3 Å². The van der Waals surface area contributed by atoms with E-state index in [2.05, 4.69) is 0 Å². The fraction of sp³-hybridized carbons (Fsp3) is 0.455. The summed E-state index contributed by atoms with van der Waals surface area (Å²) in [6.07, 6.45) is -3.88. The van der Waals surface area contributed by atoms with Crippen molar-refractivity contribution in [1.29, 1.82) is 5.26 Å². The Bertz CT molecular complexity index is 1000. The molecule has 5 nitrogen and oxygen atoms in total. The van der Waals surface area contributed by atoms with Crippen LogP contribution in [0.5, 0.6) is 0 Å². The Hall–Kier alpha value is -2.57. The highest BCUT2D eigenvalue weighted by Gasteiger charge is 2.51. The SMILES string of the molecule is COCC12CCN(c3ccc(C#N)c(C(F)(F)F)c3)CC1CN(C(=O)c1cccs1)C2. The number of fused-ring (bicyclic) bond motifs is 1. The van der Waals surface area contributed by atoms with Crippen LogP contribution in [0.2, 0.25) is 0 Å². The largest absolute Gasteiger partial charge is 0.417 e. The number of hydrogen-bond acceptors (Lipinski definition) is 5. The first-order valence-corrected chi connectivity index (χ1v) is 10.8. The number of benzene rings is 1. The van der Waals surface area contributed by atoms with E-state index in [0.29, 0.717) is 49.8 Å². The highest BCUT2D eigenvalue weighted by atomic mass is 32.1. The lowest BCUT2D eigenvalue weighted by atomic mass is 9.73. The Balaban J connectivity index is 1.58. The van der Waals surface area contributed by atoms with Gasteiger partial charge in [0.2, 0.25) is 0 Å². The van der Waals surface area contributed by atoms with Crippen molar-refractivity contribution in [1.82, 2.24) is 4.90 Å². The van der Waals surface area contributed by atoms with Crippen LogP contribution < -0.4 is 4.90 Å². The molecule has 0 spiro atoms. The van der Waals surface area contributed by atoms with E-state index >= 15 is 0 Å². The quantitative estimate of drug-likeness (QED) is 0.700. The molecule has 2 aromatic rings. The number of amides is 1. The van der Waals surface area contributed by atoms with E-state index in [0.717, 1.165) is 6.07 Å². The fourth-order valence-corrected chi connectivity index (χ4v) is 5.50. The second kappa shape index (κ2) is 8.17.